The largest absolute Gasteiger partial charge is 0.314 e. The average molecular weight is 233 g/mol. The maximum atomic E-state index is 3.54. The lowest BCUT2D eigenvalue weighted by atomic mass is 10.0. The van der Waals surface area contributed by atoms with Gasteiger partial charge in [0.15, 0.2) is 0 Å². The highest BCUT2D eigenvalue weighted by molar-refractivity contribution is 5.29. The van der Waals surface area contributed by atoms with Crippen molar-refractivity contribution in [3.63, 3.8) is 0 Å². The Kier molecular flexibility index (Phi) is 6.28. The molecular formula is C16H27N. The predicted molar refractivity (Wildman–Crippen MR) is 76.6 cm³/mol. The van der Waals surface area contributed by atoms with Crippen LogP contribution in [-0.4, -0.2) is 12.6 Å². The molecule has 17 heavy (non-hydrogen) atoms. The summed E-state index contributed by atoms with van der Waals surface area (Å²) in [5, 5.41) is 3.54. The maximum absolute atomic E-state index is 3.54. The first kappa shape index (κ1) is 14.2. The molecule has 0 amide bonds. The van der Waals surface area contributed by atoms with Crippen molar-refractivity contribution in [2.75, 3.05) is 6.54 Å². The summed E-state index contributed by atoms with van der Waals surface area (Å²) < 4.78 is 0. The van der Waals surface area contributed by atoms with E-state index in [0.717, 1.165) is 6.54 Å². The summed E-state index contributed by atoms with van der Waals surface area (Å²) in [7, 11) is 0. The van der Waals surface area contributed by atoms with Gasteiger partial charge in [-0.2, -0.15) is 0 Å². The third kappa shape index (κ3) is 5.36. The molecule has 1 atom stereocenters. The van der Waals surface area contributed by atoms with Gasteiger partial charge in [-0.25, -0.2) is 0 Å². The topological polar surface area (TPSA) is 12.0 Å². The molecule has 1 rings (SSSR count). The number of aryl methyl sites for hydroxylation is 3. The lowest BCUT2D eigenvalue weighted by Crippen LogP contribution is -2.26. The first-order valence-corrected chi connectivity index (χ1v) is 6.93. The second-order valence-corrected chi connectivity index (χ2v) is 5.17. The van der Waals surface area contributed by atoms with Gasteiger partial charge in [0.1, 0.15) is 0 Å². The fourth-order valence-corrected chi connectivity index (χ4v) is 2.06. The van der Waals surface area contributed by atoms with Crippen molar-refractivity contribution in [1.29, 1.82) is 0 Å². The minimum atomic E-state index is 0.654. The van der Waals surface area contributed by atoms with Crippen LogP contribution in [0.15, 0.2) is 18.2 Å². The number of hydrogen-bond acceptors (Lipinski definition) is 1. The summed E-state index contributed by atoms with van der Waals surface area (Å²) in [6, 6.07) is 7.50. The summed E-state index contributed by atoms with van der Waals surface area (Å²) >= 11 is 0. The SMILES string of the molecule is CCCNC(C)CCCc1ccc(C)c(C)c1. The second kappa shape index (κ2) is 7.50. The van der Waals surface area contributed by atoms with Crippen molar-refractivity contribution in [2.45, 2.75) is 59.4 Å². The lowest BCUT2D eigenvalue weighted by Gasteiger charge is -2.13. The van der Waals surface area contributed by atoms with Crippen molar-refractivity contribution >= 4 is 0 Å². The molecule has 0 saturated heterocycles. The Hall–Kier alpha value is -0.820. The first-order chi connectivity index (χ1) is 8.13. The molecule has 0 spiro atoms. The number of nitrogens with one attached hydrogen (secondary N) is 1. The average Bonchev–Trinajstić information content (AvgIpc) is 2.31. The maximum Gasteiger partial charge on any atom is 0.00388 e. The summed E-state index contributed by atoms with van der Waals surface area (Å²) in [6.45, 7) is 10.0. The molecule has 96 valence electrons. The van der Waals surface area contributed by atoms with Crippen LogP contribution in [0.5, 0.6) is 0 Å². The van der Waals surface area contributed by atoms with Gasteiger partial charge >= 0.3 is 0 Å². The van der Waals surface area contributed by atoms with Crippen LogP contribution >= 0.6 is 0 Å². The van der Waals surface area contributed by atoms with E-state index in [4.69, 9.17) is 0 Å². The van der Waals surface area contributed by atoms with Crippen molar-refractivity contribution in [2.24, 2.45) is 0 Å². The Labute approximate surface area is 107 Å². The van der Waals surface area contributed by atoms with Gasteiger partial charge in [-0.05, 0) is 69.7 Å². The normalized spacial score (nSPS) is 12.7. The molecule has 1 unspecified atom stereocenters. The van der Waals surface area contributed by atoms with Crippen molar-refractivity contribution in [3.05, 3.63) is 34.9 Å². The molecule has 0 aliphatic carbocycles. The third-order valence-corrected chi connectivity index (χ3v) is 3.42. The van der Waals surface area contributed by atoms with E-state index in [9.17, 15) is 0 Å². The van der Waals surface area contributed by atoms with Gasteiger partial charge in [0.2, 0.25) is 0 Å². The minimum Gasteiger partial charge on any atom is -0.314 e. The smallest absolute Gasteiger partial charge is 0.00388 e. The van der Waals surface area contributed by atoms with Crippen molar-refractivity contribution < 1.29 is 0 Å². The second-order valence-electron chi connectivity index (χ2n) is 5.17. The van der Waals surface area contributed by atoms with Crippen molar-refractivity contribution in [3.8, 4) is 0 Å². The molecule has 1 N–H and O–H groups in total. The monoisotopic (exact) mass is 233 g/mol. The van der Waals surface area contributed by atoms with Gasteiger partial charge in [-0.15, -0.1) is 0 Å². The number of hydrogen-bond donors (Lipinski definition) is 1. The summed E-state index contributed by atoms with van der Waals surface area (Å²) in [4.78, 5) is 0. The summed E-state index contributed by atoms with van der Waals surface area (Å²) in [6.07, 6.45) is 4.98. The molecule has 0 aromatic heterocycles. The van der Waals surface area contributed by atoms with E-state index in [1.807, 2.05) is 0 Å². The molecular weight excluding hydrogens is 206 g/mol. The zero-order valence-corrected chi connectivity index (χ0v) is 11.8. The van der Waals surface area contributed by atoms with E-state index in [1.54, 1.807) is 0 Å². The van der Waals surface area contributed by atoms with E-state index in [1.165, 1.54) is 42.4 Å². The van der Waals surface area contributed by atoms with Crippen LogP contribution in [0.3, 0.4) is 0 Å². The molecule has 1 aromatic carbocycles. The van der Waals surface area contributed by atoms with Gasteiger partial charge in [0.05, 0.1) is 0 Å². The molecule has 0 fully saturated rings. The van der Waals surface area contributed by atoms with Crippen LogP contribution in [-0.2, 0) is 6.42 Å². The fourth-order valence-electron chi connectivity index (χ4n) is 2.06. The molecule has 1 heteroatoms. The molecule has 0 aliphatic heterocycles. The highest BCUT2D eigenvalue weighted by atomic mass is 14.9. The van der Waals surface area contributed by atoms with E-state index >= 15 is 0 Å². The van der Waals surface area contributed by atoms with Crippen LogP contribution in [0.2, 0.25) is 0 Å². The summed E-state index contributed by atoms with van der Waals surface area (Å²) in [5.74, 6) is 0. The first-order valence-electron chi connectivity index (χ1n) is 6.93. The highest BCUT2D eigenvalue weighted by Crippen LogP contribution is 2.12. The quantitative estimate of drug-likeness (QED) is 0.750. The van der Waals surface area contributed by atoms with Gasteiger partial charge in [0.25, 0.3) is 0 Å². The van der Waals surface area contributed by atoms with E-state index in [2.05, 4.69) is 51.2 Å². The van der Waals surface area contributed by atoms with Crippen LogP contribution in [0.4, 0.5) is 0 Å². The van der Waals surface area contributed by atoms with Crippen LogP contribution in [0, 0.1) is 13.8 Å². The Morgan fingerprint density at radius 2 is 1.94 bits per heavy atom. The molecule has 0 bridgehead atoms. The van der Waals surface area contributed by atoms with E-state index in [0.29, 0.717) is 6.04 Å². The molecule has 1 nitrogen and oxygen atoms in total. The molecule has 0 aliphatic rings. The zero-order chi connectivity index (χ0) is 12.7. The molecule has 0 heterocycles. The zero-order valence-electron chi connectivity index (χ0n) is 11.8. The van der Waals surface area contributed by atoms with Gasteiger partial charge in [-0.1, -0.05) is 25.1 Å². The Balaban J connectivity index is 2.28. The Bertz CT molecular complexity index is 330. The molecule has 0 radical (unpaired) electrons. The van der Waals surface area contributed by atoms with Crippen molar-refractivity contribution in [1.82, 2.24) is 5.32 Å². The predicted octanol–water partition coefficient (Wildman–Crippen LogP) is 4.01. The van der Waals surface area contributed by atoms with E-state index < -0.39 is 0 Å². The third-order valence-electron chi connectivity index (χ3n) is 3.42. The molecule has 0 saturated carbocycles. The van der Waals surface area contributed by atoms with Crippen LogP contribution < -0.4 is 5.32 Å². The van der Waals surface area contributed by atoms with Crippen LogP contribution in [0.25, 0.3) is 0 Å². The molecule has 1 aromatic rings. The van der Waals surface area contributed by atoms with Crippen LogP contribution in [0.1, 0.15) is 49.8 Å². The minimum absolute atomic E-state index is 0.654. The van der Waals surface area contributed by atoms with Gasteiger partial charge < -0.3 is 5.32 Å². The van der Waals surface area contributed by atoms with Gasteiger partial charge in [0, 0.05) is 6.04 Å². The lowest BCUT2D eigenvalue weighted by molar-refractivity contribution is 0.498. The van der Waals surface area contributed by atoms with E-state index in [-0.39, 0.29) is 0 Å². The van der Waals surface area contributed by atoms with Gasteiger partial charge in [-0.3, -0.25) is 0 Å². The number of benzene rings is 1. The number of rotatable bonds is 7. The summed E-state index contributed by atoms with van der Waals surface area (Å²) in [5.41, 5.74) is 4.29. The highest BCUT2D eigenvalue weighted by Gasteiger charge is 2.01. The fraction of sp³-hybridized carbons (Fsp3) is 0.625. The Morgan fingerprint density at radius 3 is 2.59 bits per heavy atom. The Morgan fingerprint density at radius 1 is 1.18 bits per heavy atom. The standard InChI is InChI=1S/C16H27N/c1-5-11-17-15(4)7-6-8-16-10-9-13(2)14(3)12-16/h9-10,12,15,17H,5-8,11H2,1-4H3.